The van der Waals surface area contributed by atoms with Gasteiger partial charge in [-0.2, -0.15) is 4.31 Å². The number of methoxy groups -OCH3 is 1. The molecule has 0 N–H and O–H groups in total. The van der Waals surface area contributed by atoms with E-state index < -0.39 is 10.0 Å². The smallest absolute Gasteiger partial charge is 0.246 e. The lowest BCUT2D eigenvalue weighted by Gasteiger charge is -2.21. The molecule has 0 spiro atoms. The molecule has 23 heavy (non-hydrogen) atoms. The van der Waals surface area contributed by atoms with E-state index >= 15 is 0 Å². The van der Waals surface area contributed by atoms with Gasteiger partial charge in [-0.25, -0.2) is 8.42 Å². The number of benzene rings is 1. The second-order valence-corrected chi connectivity index (χ2v) is 7.47. The molecule has 1 fully saturated rings. The van der Waals surface area contributed by atoms with Crippen molar-refractivity contribution in [1.82, 2.24) is 9.46 Å². The third-order valence-corrected chi connectivity index (χ3v) is 6.01. The summed E-state index contributed by atoms with van der Waals surface area (Å²) in [5.74, 6) is 0.894. The molecule has 2 heterocycles. The molecule has 1 aliphatic rings. The van der Waals surface area contributed by atoms with Crippen LogP contribution in [0.2, 0.25) is 0 Å². The van der Waals surface area contributed by atoms with E-state index in [0.717, 1.165) is 31.2 Å². The van der Waals surface area contributed by atoms with Crippen LogP contribution >= 0.6 is 0 Å². The minimum absolute atomic E-state index is 0.199. The van der Waals surface area contributed by atoms with Gasteiger partial charge in [0.25, 0.3) is 0 Å². The molecule has 0 amide bonds. The first kappa shape index (κ1) is 16.0. The maximum Gasteiger partial charge on any atom is 0.246 e. The zero-order valence-corrected chi connectivity index (χ0v) is 13.9. The van der Waals surface area contributed by atoms with Crippen LogP contribution in [0.3, 0.4) is 0 Å². The van der Waals surface area contributed by atoms with Crippen molar-refractivity contribution >= 4 is 10.0 Å². The van der Waals surface area contributed by atoms with Crippen molar-refractivity contribution in [3.05, 3.63) is 30.5 Å². The van der Waals surface area contributed by atoms with Gasteiger partial charge >= 0.3 is 0 Å². The lowest BCUT2D eigenvalue weighted by molar-refractivity contribution is 0.391. The van der Waals surface area contributed by atoms with Crippen molar-refractivity contribution in [3.63, 3.8) is 0 Å². The molecule has 1 aromatic carbocycles. The average Bonchev–Trinajstić information content (AvgIpc) is 2.95. The molecule has 6 nitrogen and oxygen atoms in total. The van der Waals surface area contributed by atoms with Gasteiger partial charge in [0.1, 0.15) is 10.6 Å². The van der Waals surface area contributed by atoms with Gasteiger partial charge in [0.2, 0.25) is 10.0 Å². The Balaban J connectivity index is 1.98. The van der Waals surface area contributed by atoms with Gasteiger partial charge < -0.3 is 9.26 Å². The Bertz CT molecular complexity index is 748. The quantitative estimate of drug-likeness (QED) is 0.858. The number of hydrogen-bond donors (Lipinski definition) is 0. The van der Waals surface area contributed by atoms with Gasteiger partial charge in [-0.05, 0) is 31.0 Å². The van der Waals surface area contributed by atoms with E-state index in [4.69, 9.17) is 9.26 Å². The van der Waals surface area contributed by atoms with E-state index in [9.17, 15) is 8.42 Å². The van der Waals surface area contributed by atoms with Gasteiger partial charge in [0.15, 0.2) is 5.76 Å². The second-order valence-electron chi connectivity index (χ2n) is 5.56. The van der Waals surface area contributed by atoms with E-state index in [-0.39, 0.29) is 4.90 Å². The van der Waals surface area contributed by atoms with Crippen LogP contribution < -0.4 is 4.74 Å². The van der Waals surface area contributed by atoms with Crippen molar-refractivity contribution in [1.29, 1.82) is 0 Å². The Morgan fingerprint density at radius 3 is 2.48 bits per heavy atom. The van der Waals surface area contributed by atoms with Gasteiger partial charge in [-0.1, -0.05) is 18.0 Å². The zero-order valence-electron chi connectivity index (χ0n) is 13.1. The number of ether oxygens (including phenoxy) is 1. The minimum Gasteiger partial charge on any atom is -0.495 e. The zero-order chi connectivity index (χ0) is 16.3. The number of rotatable bonds is 4. The van der Waals surface area contributed by atoms with Crippen molar-refractivity contribution in [2.75, 3.05) is 20.2 Å². The first-order chi connectivity index (χ1) is 11.1. The summed E-state index contributed by atoms with van der Waals surface area (Å²) in [6.07, 6.45) is 5.50. The Morgan fingerprint density at radius 2 is 1.87 bits per heavy atom. The highest BCUT2D eigenvalue weighted by Gasteiger charge is 2.28. The summed E-state index contributed by atoms with van der Waals surface area (Å²) >= 11 is 0. The van der Waals surface area contributed by atoms with E-state index in [1.165, 1.54) is 7.11 Å². The van der Waals surface area contributed by atoms with Crippen LogP contribution in [-0.2, 0) is 10.0 Å². The van der Waals surface area contributed by atoms with Crippen molar-refractivity contribution in [3.8, 4) is 17.1 Å². The average molecular weight is 336 g/mol. The van der Waals surface area contributed by atoms with E-state index in [0.29, 0.717) is 24.6 Å². The molecule has 0 radical (unpaired) electrons. The first-order valence-corrected chi connectivity index (χ1v) is 9.16. The maximum atomic E-state index is 12.9. The van der Waals surface area contributed by atoms with Crippen LogP contribution in [-0.4, -0.2) is 38.1 Å². The lowest BCUT2D eigenvalue weighted by atomic mass is 10.1. The number of sulfonamides is 1. The molecule has 0 saturated carbocycles. The van der Waals surface area contributed by atoms with Crippen molar-refractivity contribution in [2.24, 2.45) is 0 Å². The van der Waals surface area contributed by atoms with Gasteiger partial charge in [-0.3, -0.25) is 0 Å². The highest BCUT2D eigenvalue weighted by atomic mass is 32.2. The molecule has 0 aliphatic carbocycles. The molecule has 1 aromatic heterocycles. The fourth-order valence-corrected chi connectivity index (χ4v) is 4.47. The predicted molar refractivity (Wildman–Crippen MR) is 85.7 cm³/mol. The molecule has 0 bridgehead atoms. The number of nitrogens with zero attached hydrogens (tertiary/aromatic N) is 2. The van der Waals surface area contributed by atoms with E-state index in [2.05, 4.69) is 5.16 Å². The number of aromatic nitrogens is 1. The molecule has 1 aliphatic heterocycles. The molecular formula is C16H20N2O4S. The fraction of sp³-hybridized carbons (Fsp3) is 0.438. The summed E-state index contributed by atoms with van der Waals surface area (Å²) in [6, 6.07) is 6.69. The van der Waals surface area contributed by atoms with Gasteiger partial charge in [0.05, 0.1) is 13.3 Å². The summed E-state index contributed by atoms with van der Waals surface area (Å²) in [5.41, 5.74) is 0.731. The van der Waals surface area contributed by atoms with Crippen LogP contribution in [0.15, 0.2) is 39.9 Å². The molecule has 0 unspecified atom stereocenters. The predicted octanol–water partition coefficient (Wildman–Crippen LogP) is 2.91. The Hall–Kier alpha value is -1.86. The standard InChI is InChI=1S/C16H20N2O4S/c1-21-15-12-13(14-8-9-17-22-14)6-7-16(15)23(19,20)18-10-4-2-3-5-11-18/h6-9,12H,2-5,10-11H2,1H3. The minimum atomic E-state index is -3.55. The lowest BCUT2D eigenvalue weighted by Crippen LogP contribution is -2.32. The SMILES string of the molecule is COc1cc(-c2ccno2)ccc1S(=O)(=O)N1CCCCCC1. The van der Waals surface area contributed by atoms with E-state index in [1.54, 1.807) is 34.8 Å². The fourth-order valence-electron chi connectivity index (χ4n) is 2.82. The topological polar surface area (TPSA) is 72.6 Å². The Morgan fingerprint density at radius 1 is 1.13 bits per heavy atom. The van der Waals surface area contributed by atoms with Crippen LogP contribution in [0, 0.1) is 0 Å². The van der Waals surface area contributed by atoms with Crippen LogP contribution in [0.25, 0.3) is 11.3 Å². The number of hydrogen-bond acceptors (Lipinski definition) is 5. The largest absolute Gasteiger partial charge is 0.495 e. The molecular weight excluding hydrogens is 316 g/mol. The van der Waals surface area contributed by atoms with Crippen LogP contribution in [0.5, 0.6) is 5.75 Å². The normalized spacial score (nSPS) is 16.9. The maximum absolute atomic E-state index is 12.9. The van der Waals surface area contributed by atoms with Crippen LogP contribution in [0.4, 0.5) is 0 Å². The molecule has 2 aromatic rings. The van der Waals surface area contributed by atoms with Gasteiger partial charge in [-0.15, -0.1) is 0 Å². The molecule has 0 atom stereocenters. The second kappa shape index (κ2) is 6.72. The summed E-state index contributed by atoms with van der Waals surface area (Å²) in [6.45, 7) is 1.13. The van der Waals surface area contributed by atoms with Crippen LogP contribution in [0.1, 0.15) is 25.7 Å². The summed E-state index contributed by atoms with van der Waals surface area (Å²) < 4.78 is 37.9. The Labute approximate surface area is 136 Å². The van der Waals surface area contributed by atoms with Crippen molar-refractivity contribution < 1.29 is 17.7 Å². The summed E-state index contributed by atoms with van der Waals surface area (Å²) in [5, 5.41) is 3.67. The third-order valence-electron chi connectivity index (χ3n) is 4.07. The van der Waals surface area contributed by atoms with E-state index in [1.807, 2.05) is 0 Å². The van der Waals surface area contributed by atoms with Crippen molar-refractivity contribution in [2.45, 2.75) is 30.6 Å². The molecule has 3 rings (SSSR count). The van der Waals surface area contributed by atoms with Gasteiger partial charge in [0, 0.05) is 24.7 Å². The molecule has 1 saturated heterocycles. The summed E-state index contributed by atoms with van der Waals surface area (Å²) in [4.78, 5) is 0.199. The Kier molecular flexibility index (Phi) is 4.68. The monoisotopic (exact) mass is 336 g/mol. The summed E-state index contributed by atoms with van der Waals surface area (Å²) in [7, 11) is -2.08. The molecule has 7 heteroatoms. The highest BCUT2D eigenvalue weighted by molar-refractivity contribution is 7.89. The first-order valence-electron chi connectivity index (χ1n) is 7.72. The molecule has 124 valence electrons. The highest BCUT2D eigenvalue weighted by Crippen LogP contribution is 2.32. The third kappa shape index (κ3) is 3.25.